The number of esters is 1. The minimum atomic E-state index is -0.761. The highest BCUT2D eigenvalue weighted by Crippen LogP contribution is 2.28. The molecule has 0 radical (unpaired) electrons. The van der Waals surface area contributed by atoms with Crippen LogP contribution >= 0.6 is 11.6 Å². The second-order valence-electron chi connectivity index (χ2n) is 6.61. The third-order valence-corrected chi connectivity index (χ3v) is 4.54. The van der Waals surface area contributed by atoms with Crippen molar-refractivity contribution in [1.29, 1.82) is 0 Å². The van der Waals surface area contributed by atoms with Gasteiger partial charge in [-0.25, -0.2) is 10.2 Å². The molecular formula is C24H21ClN2O5. The molecule has 3 aromatic rings. The predicted molar refractivity (Wildman–Crippen MR) is 122 cm³/mol. The van der Waals surface area contributed by atoms with E-state index in [-0.39, 0.29) is 5.75 Å². The Labute approximate surface area is 190 Å². The molecule has 1 amide bonds. The maximum atomic E-state index is 12.3. The SMILES string of the molecule is COc1cc(/C=N\NC(=O)[C@@H](C)Oc2ccc(Cl)cc2)ccc1OC(=O)c1ccccc1. The molecule has 32 heavy (non-hydrogen) atoms. The summed E-state index contributed by atoms with van der Waals surface area (Å²) in [6.07, 6.45) is 0.681. The first-order valence-electron chi connectivity index (χ1n) is 9.66. The molecule has 0 fully saturated rings. The molecule has 0 aliphatic carbocycles. The number of halogens is 1. The van der Waals surface area contributed by atoms with Gasteiger partial charge in [-0.2, -0.15) is 5.10 Å². The van der Waals surface area contributed by atoms with Crippen molar-refractivity contribution in [3.8, 4) is 17.2 Å². The highest BCUT2D eigenvalue weighted by Gasteiger charge is 2.14. The van der Waals surface area contributed by atoms with Crippen molar-refractivity contribution in [2.45, 2.75) is 13.0 Å². The molecule has 1 atom stereocenters. The molecule has 1 N–H and O–H groups in total. The first-order chi connectivity index (χ1) is 15.5. The zero-order valence-electron chi connectivity index (χ0n) is 17.4. The van der Waals surface area contributed by atoms with Crippen molar-refractivity contribution in [2.75, 3.05) is 7.11 Å². The molecule has 3 aromatic carbocycles. The smallest absolute Gasteiger partial charge is 0.343 e. The van der Waals surface area contributed by atoms with E-state index in [4.69, 9.17) is 25.8 Å². The molecule has 0 spiro atoms. The van der Waals surface area contributed by atoms with Crippen LogP contribution in [0.1, 0.15) is 22.8 Å². The number of ether oxygens (including phenoxy) is 3. The average Bonchev–Trinajstić information content (AvgIpc) is 2.81. The van der Waals surface area contributed by atoms with Crippen LogP contribution in [0.25, 0.3) is 0 Å². The monoisotopic (exact) mass is 452 g/mol. The summed E-state index contributed by atoms with van der Waals surface area (Å²) in [5, 5.41) is 4.52. The Morgan fingerprint density at radius 1 is 1.00 bits per heavy atom. The number of carbonyl (C=O) groups excluding carboxylic acids is 2. The minimum absolute atomic E-state index is 0.271. The Morgan fingerprint density at radius 3 is 2.41 bits per heavy atom. The fourth-order valence-electron chi connectivity index (χ4n) is 2.61. The molecule has 0 unspecified atom stereocenters. The van der Waals surface area contributed by atoms with Gasteiger partial charge in [0.15, 0.2) is 17.6 Å². The van der Waals surface area contributed by atoms with Crippen molar-refractivity contribution in [3.63, 3.8) is 0 Å². The number of benzene rings is 3. The summed E-state index contributed by atoms with van der Waals surface area (Å²) < 4.78 is 16.3. The van der Waals surface area contributed by atoms with Gasteiger partial charge in [-0.3, -0.25) is 4.79 Å². The molecule has 0 bridgehead atoms. The summed E-state index contributed by atoms with van der Waals surface area (Å²) >= 11 is 5.83. The van der Waals surface area contributed by atoms with Gasteiger partial charge in [0, 0.05) is 5.02 Å². The minimum Gasteiger partial charge on any atom is -0.493 e. The standard InChI is InChI=1S/C24H21ClN2O5/c1-16(31-20-11-9-19(25)10-12-20)23(28)27-26-15-17-8-13-21(22(14-17)30-2)32-24(29)18-6-4-3-5-7-18/h3-16H,1-2H3,(H,27,28)/b26-15-/t16-/m1/s1. The van der Waals surface area contributed by atoms with Gasteiger partial charge >= 0.3 is 5.97 Å². The van der Waals surface area contributed by atoms with Gasteiger partial charge in [0.1, 0.15) is 5.75 Å². The summed E-state index contributed by atoms with van der Waals surface area (Å²) in [4.78, 5) is 24.4. The second kappa shape index (κ2) is 11.0. The lowest BCUT2D eigenvalue weighted by Crippen LogP contribution is -2.33. The molecule has 0 aliphatic rings. The predicted octanol–water partition coefficient (Wildman–Crippen LogP) is 4.49. The number of carbonyl (C=O) groups is 2. The third-order valence-electron chi connectivity index (χ3n) is 4.28. The van der Waals surface area contributed by atoms with Crippen LogP contribution in [0.5, 0.6) is 17.2 Å². The molecule has 0 aromatic heterocycles. The number of rotatable bonds is 8. The van der Waals surface area contributed by atoms with Crippen LogP contribution in [0, 0.1) is 0 Å². The molecule has 0 aliphatic heterocycles. The maximum Gasteiger partial charge on any atom is 0.343 e. The molecule has 7 nitrogen and oxygen atoms in total. The summed E-state index contributed by atoms with van der Waals surface area (Å²) in [6.45, 7) is 1.61. The summed E-state index contributed by atoms with van der Waals surface area (Å²) in [6, 6.07) is 20.3. The van der Waals surface area contributed by atoms with Crippen LogP contribution in [0.4, 0.5) is 0 Å². The van der Waals surface area contributed by atoms with Crippen molar-refractivity contribution < 1.29 is 23.8 Å². The number of amides is 1. The van der Waals surface area contributed by atoms with E-state index in [1.54, 1.807) is 73.7 Å². The van der Waals surface area contributed by atoms with E-state index in [2.05, 4.69) is 10.5 Å². The summed E-state index contributed by atoms with van der Waals surface area (Å²) in [7, 11) is 1.47. The number of methoxy groups -OCH3 is 1. The summed E-state index contributed by atoms with van der Waals surface area (Å²) in [5.74, 6) is 0.228. The number of hydrogen-bond acceptors (Lipinski definition) is 6. The number of hydrogen-bond donors (Lipinski definition) is 1. The second-order valence-corrected chi connectivity index (χ2v) is 7.05. The Kier molecular flexibility index (Phi) is 7.83. The Balaban J connectivity index is 1.58. The van der Waals surface area contributed by atoms with Crippen molar-refractivity contribution in [3.05, 3.63) is 88.9 Å². The van der Waals surface area contributed by atoms with Crippen LogP contribution in [0.2, 0.25) is 5.02 Å². The van der Waals surface area contributed by atoms with Crippen LogP contribution in [-0.4, -0.2) is 31.3 Å². The Hall–Kier alpha value is -3.84. The zero-order chi connectivity index (χ0) is 22.9. The molecular weight excluding hydrogens is 432 g/mol. The largest absolute Gasteiger partial charge is 0.493 e. The first-order valence-corrected chi connectivity index (χ1v) is 10.0. The lowest BCUT2D eigenvalue weighted by atomic mass is 10.2. The third kappa shape index (κ3) is 6.33. The summed E-state index contributed by atoms with van der Waals surface area (Å²) in [5.41, 5.74) is 3.48. The van der Waals surface area contributed by atoms with Crippen LogP contribution in [0.15, 0.2) is 77.9 Å². The van der Waals surface area contributed by atoms with Gasteiger partial charge in [0.25, 0.3) is 5.91 Å². The van der Waals surface area contributed by atoms with Gasteiger partial charge in [-0.1, -0.05) is 29.8 Å². The quantitative estimate of drug-likeness (QED) is 0.235. The van der Waals surface area contributed by atoms with E-state index in [0.29, 0.717) is 27.6 Å². The van der Waals surface area contributed by atoms with E-state index in [1.165, 1.54) is 13.3 Å². The topological polar surface area (TPSA) is 86.2 Å². The van der Waals surface area contributed by atoms with E-state index < -0.39 is 18.0 Å². The highest BCUT2D eigenvalue weighted by atomic mass is 35.5. The van der Waals surface area contributed by atoms with Gasteiger partial charge in [-0.05, 0) is 67.1 Å². The van der Waals surface area contributed by atoms with Gasteiger partial charge < -0.3 is 14.2 Å². The molecule has 0 saturated heterocycles. The van der Waals surface area contributed by atoms with Gasteiger partial charge in [0.2, 0.25) is 0 Å². The fourth-order valence-corrected chi connectivity index (χ4v) is 2.74. The Bertz CT molecular complexity index is 1100. The van der Waals surface area contributed by atoms with Crippen LogP contribution < -0.4 is 19.6 Å². The molecule has 164 valence electrons. The average molecular weight is 453 g/mol. The van der Waals surface area contributed by atoms with Crippen LogP contribution in [-0.2, 0) is 4.79 Å². The Morgan fingerprint density at radius 2 is 1.72 bits per heavy atom. The van der Waals surface area contributed by atoms with E-state index in [1.807, 2.05) is 6.07 Å². The lowest BCUT2D eigenvalue weighted by molar-refractivity contribution is -0.127. The normalized spacial score (nSPS) is 11.6. The molecule has 0 saturated carbocycles. The number of nitrogens with one attached hydrogen (secondary N) is 1. The van der Waals surface area contributed by atoms with E-state index in [0.717, 1.165) is 0 Å². The fraction of sp³-hybridized carbons (Fsp3) is 0.125. The molecule has 0 heterocycles. The van der Waals surface area contributed by atoms with E-state index >= 15 is 0 Å². The van der Waals surface area contributed by atoms with Crippen molar-refractivity contribution in [2.24, 2.45) is 5.10 Å². The number of hydrazone groups is 1. The molecule has 3 rings (SSSR count). The van der Waals surface area contributed by atoms with E-state index in [9.17, 15) is 9.59 Å². The maximum absolute atomic E-state index is 12.3. The van der Waals surface area contributed by atoms with Gasteiger partial charge in [0.05, 0.1) is 18.9 Å². The lowest BCUT2D eigenvalue weighted by Gasteiger charge is -2.13. The van der Waals surface area contributed by atoms with Crippen molar-refractivity contribution in [1.82, 2.24) is 5.43 Å². The van der Waals surface area contributed by atoms with Crippen molar-refractivity contribution >= 4 is 29.7 Å². The zero-order valence-corrected chi connectivity index (χ0v) is 18.2. The first kappa shape index (κ1) is 22.8. The number of nitrogens with zero attached hydrogens (tertiary/aromatic N) is 1. The van der Waals surface area contributed by atoms with Gasteiger partial charge in [-0.15, -0.1) is 0 Å². The highest BCUT2D eigenvalue weighted by molar-refractivity contribution is 6.30. The molecule has 8 heteroatoms. The van der Waals surface area contributed by atoms with Crippen LogP contribution in [0.3, 0.4) is 0 Å².